The van der Waals surface area contributed by atoms with Gasteiger partial charge in [-0.05, 0) is 18.2 Å². The Bertz CT molecular complexity index is 412. The van der Waals surface area contributed by atoms with E-state index in [4.69, 9.17) is 22.5 Å². The number of primary sulfonamides is 1. The molecule has 0 radical (unpaired) electrons. The van der Waals surface area contributed by atoms with Crippen molar-refractivity contribution in [1.29, 1.82) is 0 Å². The van der Waals surface area contributed by atoms with E-state index in [0.717, 1.165) is 0 Å². The minimum atomic E-state index is -3.77. The molecule has 0 aliphatic heterocycles. The third-order valence-electron chi connectivity index (χ3n) is 1.28. The summed E-state index contributed by atoms with van der Waals surface area (Å²) in [6, 6.07) is 4.10. The molecule has 0 bridgehead atoms. The summed E-state index contributed by atoms with van der Waals surface area (Å²) < 4.78 is 21.7. The molecule has 0 aliphatic carbocycles. The maximum atomic E-state index is 10.8. The maximum absolute atomic E-state index is 10.8. The van der Waals surface area contributed by atoms with Gasteiger partial charge in [-0.3, -0.25) is 0 Å². The third kappa shape index (κ3) is 3.46. The molecule has 0 saturated carbocycles. The van der Waals surface area contributed by atoms with Gasteiger partial charge in [-0.1, -0.05) is 11.6 Å². The molecular formula is C6H8ClN2NaO2S. The molecule has 7 heteroatoms. The van der Waals surface area contributed by atoms with E-state index in [0.29, 0.717) is 0 Å². The van der Waals surface area contributed by atoms with Crippen LogP contribution in [-0.2, 0) is 10.0 Å². The summed E-state index contributed by atoms with van der Waals surface area (Å²) in [5.74, 6) is 0. The normalized spacial score (nSPS) is 10.6. The van der Waals surface area contributed by atoms with Gasteiger partial charge in [0.2, 0.25) is 10.0 Å². The number of rotatable bonds is 1. The molecule has 0 aliphatic rings. The average molecular weight is 231 g/mol. The van der Waals surface area contributed by atoms with Gasteiger partial charge in [-0.2, -0.15) is 0 Å². The predicted octanol–water partition coefficient (Wildman–Crippen LogP) is -2.31. The minimum absolute atomic E-state index is 0. The van der Waals surface area contributed by atoms with E-state index in [9.17, 15) is 8.42 Å². The summed E-state index contributed by atoms with van der Waals surface area (Å²) in [6.07, 6.45) is 0. The van der Waals surface area contributed by atoms with Crippen LogP contribution in [0.4, 0.5) is 5.69 Å². The predicted molar refractivity (Wildman–Crippen MR) is 48.3 cm³/mol. The van der Waals surface area contributed by atoms with Crippen LogP contribution in [-0.4, -0.2) is 8.42 Å². The second kappa shape index (κ2) is 4.63. The number of hydrogen-bond donors (Lipinski definition) is 2. The molecule has 13 heavy (non-hydrogen) atoms. The number of sulfonamides is 1. The molecule has 0 aromatic heterocycles. The van der Waals surface area contributed by atoms with Gasteiger partial charge in [0.15, 0.2) is 0 Å². The first-order chi connectivity index (χ1) is 5.41. The van der Waals surface area contributed by atoms with Gasteiger partial charge in [0.1, 0.15) is 4.90 Å². The van der Waals surface area contributed by atoms with E-state index in [2.05, 4.69) is 0 Å². The van der Waals surface area contributed by atoms with Gasteiger partial charge in [0.05, 0.1) is 5.69 Å². The molecular weight excluding hydrogens is 223 g/mol. The molecule has 0 spiro atoms. The smallest absolute Gasteiger partial charge is 1.00 e. The largest absolute Gasteiger partial charge is 1.00 e. The molecule has 1 aromatic rings. The number of nitrogens with two attached hydrogens (primary N) is 2. The van der Waals surface area contributed by atoms with Crippen LogP contribution in [0.2, 0.25) is 5.02 Å². The number of benzene rings is 1. The average Bonchev–Trinajstić information content (AvgIpc) is 1.92. The van der Waals surface area contributed by atoms with Gasteiger partial charge in [0.25, 0.3) is 0 Å². The van der Waals surface area contributed by atoms with Crippen molar-refractivity contribution in [2.24, 2.45) is 5.14 Å². The SMILES string of the molecule is Nc1ccc(Cl)cc1S(N)(=O)=O.[H-].[Na+]. The maximum Gasteiger partial charge on any atom is 1.00 e. The van der Waals surface area contributed by atoms with Gasteiger partial charge < -0.3 is 7.16 Å². The zero-order valence-electron chi connectivity index (χ0n) is 7.99. The summed E-state index contributed by atoms with van der Waals surface area (Å²) >= 11 is 5.55. The Kier molecular flexibility index (Phi) is 4.71. The quantitative estimate of drug-likeness (QED) is 0.420. The Morgan fingerprint density at radius 2 is 1.92 bits per heavy atom. The number of anilines is 1. The van der Waals surface area contributed by atoms with Crippen LogP contribution in [0.15, 0.2) is 23.1 Å². The Hall–Kier alpha value is 0.220. The second-order valence-corrected chi connectivity index (χ2v) is 4.19. The molecule has 4 N–H and O–H groups in total. The molecule has 0 fully saturated rings. The van der Waals surface area contributed by atoms with Gasteiger partial charge >= 0.3 is 29.6 Å². The zero-order chi connectivity index (χ0) is 9.35. The first kappa shape index (κ1) is 13.2. The van der Waals surface area contributed by atoms with E-state index in [-0.39, 0.29) is 46.6 Å². The van der Waals surface area contributed by atoms with Gasteiger partial charge in [0, 0.05) is 5.02 Å². The fourth-order valence-electron chi connectivity index (χ4n) is 0.755. The summed E-state index contributed by atoms with van der Waals surface area (Å²) in [5.41, 5.74) is 5.46. The molecule has 0 amide bonds. The van der Waals surface area contributed by atoms with Crippen molar-refractivity contribution in [1.82, 2.24) is 0 Å². The summed E-state index contributed by atoms with van der Waals surface area (Å²) in [6.45, 7) is 0. The molecule has 1 rings (SSSR count). The molecule has 0 heterocycles. The molecule has 0 unspecified atom stereocenters. The van der Waals surface area contributed by atoms with Crippen LogP contribution in [0.5, 0.6) is 0 Å². The van der Waals surface area contributed by atoms with Crippen molar-refractivity contribution in [3.8, 4) is 0 Å². The molecule has 4 nitrogen and oxygen atoms in total. The number of halogens is 1. The fourth-order valence-corrected chi connectivity index (χ4v) is 1.68. The van der Waals surface area contributed by atoms with Crippen molar-refractivity contribution in [3.05, 3.63) is 23.2 Å². The van der Waals surface area contributed by atoms with Crippen LogP contribution in [0, 0.1) is 0 Å². The molecule has 1 aromatic carbocycles. The summed E-state index contributed by atoms with van der Waals surface area (Å²) in [7, 11) is -3.77. The van der Waals surface area contributed by atoms with Crippen LogP contribution in [0.25, 0.3) is 0 Å². The minimum Gasteiger partial charge on any atom is -1.00 e. The van der Waals surface area contributed by atoms with Crippen molar-refractivity contribution in [2.75, 3.05) is 5.73 Å². The van der Waals surface area contributed by atoms with Crippen LogP contribution in [0.1, 0.15) is 1.43 Å². The van der Waals surface area contributed by atoms with Crippen LogP contribution >= 0.6 is 11.6 Å². The number of nitrogen functional groups attached to an aromatic ring is 1. The molecule has 68 valence electrons. The molecule has 0 atom stereocenters. The van der Waals surface area contributed by atoms with Gasteiger partial charge in [-0.25, -0.2) is 13.6 Å². The Labute approximate surface area is 105 Å². The Morgan fingerprint density at radius 3 is 2.31 bits per heavy atom. The standard InChI is InChI=1S/C6H7ClN2O2S.Na.H/c7-4-1-2-5(8)6(3-4)12(9,10)11;;/h1-3H,8H2,(H2,9,10,11);;/q;+1;-1. The van der Waals surface area contributed by atoms with Crippen molar-refractivity contribution in [2.45, 2.75) is 4.90 Å². The van der Waals surface area contributed by atoms with E-state index in [1.165, 1.54) is 18.2 Å². The van der Waals surface area contributed by atoms with E-state index >= 15 is 0 Å². The Morgan fingerprint density at radius 1 is 1.38 bits per heavy atom. The van der Waals surface area contributed by atoms with Crippen molar-refractivity contribution >= 4 is 27.3 Å². The summed E-state index contributed by atoms with van der Waals surface area (Å²) in [4.78, 5) is -0.144. The second-order valence-electron chi connectivity index (χ2n) is 2.23. The first-order valence-electron chi connectivity index (χ1n) is 2.99. The van der Waals surface area contributed by atoms with E-state index in [1.807, 2.05) is 0 Å². The van der Waals surface area contributed by atoms with E-state index < -0.39 is 10.0 Å². The topological polar surface area (TPSA) is 86.2 Å². The molecule has 0 saturated heterocycles. The van der Waals surface area contributed by atoms with Crippen molar-refractivity contribution in [3.63, 3.8) is 0 Å². The Balaban J connectivity index is 0. The van der Waals surface area contributed by atoms with Crippen molar-refractivity contribution < 1.29 is 39.4 Å². The first-order valence-corrected chi connectivity index (χ1v) is 4.91. The van der Waals surface area contributed by atoms with Gasteiger partial charge in [-0.15, -0.1) is 0 Å². The summed E-state index contributed by atoms with van der Waals surface area (Å²) in [5, 5.41) is 5.15. The van der Waals surface area contributed by atoms with Crippen LogP contribution in [0.3, 0.4) is 0 Å². The third-order valence-corrected chi connectivity index (χ3v) is 2.48. The van der Waals surface area contributed by atoms with E-state index in [1.54, 1.807) is 0 Å². The number of hydrogen-bond acceptors (Lipinski definition) is 3. The monoisotopic (exact) mass is 230 g/mol. The van der Waals surface area contributed by atoms with Crippen LogP contribution < -0.4 is 40.4 Å². The zero-order valence-corrected chi connectivity index (χ0v) is 10.6. The fraction of sp³-hybridized carbons (Fsp3) is 0.